The molecule has 2 heterocycles. The number of amides is 3. The molecular formula is C15H19FN4O2. The average Bonchev–Trinajstić information content (AvgIpc) is 2.93. The summed E-state index contributed by atoms with van der Waals surface area (Å²) in [4.78, 5) is 27.4. The van der Waals surface area contributed by atoms with E-state index in [1.807, 2.05) is 6.92 Å². The number of piperazine rings is 1. The van der Waals surface area contributed by atoms with E-state index in [-0.39, 0.29) is 23.5 Å². The Hall–Kier alpha value is -2.15. The molecule has 118 valence electrons. The van der Waals surface area contributed by atoms with Gasteiger partial charge < -0.3 is 15.5 Å². The number of anilines is 1. The van der Waals surface area contributed by atoms with E-state index in [4.69, 9.17) is 0 Å². The second-order valence-electron chi connectivity index (χ2n) is 5.65. The van der Waals surface area contributed by atoms with Gasteiger partial charge in [-0.25, -0.2) is 9.18 Å². The standard InChI is InChI=1S/C15H19FN4O2/c1-10-9-19(6-4-17-10)14(21)12-8-11(2-3-13(12)16)20-7-5-18-15(20)22/h2-3,8,10,17H,4-7,9H2,1H3,(H,18,22). The van der Waals surface area contributed by atoms with Crippen LogP contribution in [-0.2, 0) is 0 Å². The Morgan fingerprint density at radius 3 is 2.82 bits per heavy atom. The number of carbonyl (C=O) groups excluding carboxylic acids is 2. The molecule has 22 heavy (non-hydrogen) atoms. The molecule has 1 unspecified atom stereocenters. The molecule has 0 saturated carbocycles. The Morgan fingerprint density at radius 2 is 2.14 bits per heavy atom. The van der Waals surface area contributed by atoms with Crippen LogP contribution in [0.4, 0.5) is 14.9 Å². The van der Waals surface area contributed by atoms with Crippen molar-refractivity contribution in [3.63, 3.8) is 0 Å². The van der Waals surface area contributed by atoms with Crippen LogP contribution < -0.4 is 15.5 Å². The topological polar surface area (TPSA) is 64.7 Å². The van der Waals surface area contributed by atoms with Crippen molar-refractivity contribution >= 4 is 17.6 Å². The van der Waals surface area contributed by atoms with E-state index >= 15 is 0 Å². The number of nitrogens with zero attached hydrogens (tertiary/aromatic N) is 2. The van der Waals surface area contributed by atoms with Crippen LogP contribution in [-0.4, -0.2) is 55.6 Å². The first-order valence-electron chi connectivity index (χ1n) is 7.44. The highest BCUT2D eigenvalue weighted by atomic mass is 19.1. The van der Waals surface area contributed by atoms with E-state index in [1.54, 1.807) is 4.90 Å². The monoisotopic (exact) mass is 306 g/mol. The minimum atomic E-state index is -0.556. The van der Waals surface area contributed by atoms with Crippen molar-refractivity contribution in [3.05, 3.63) is 29.6 Å². The third kappa shape index (κ3) is 2.76. The molecule has 3 rings (SSSR count). The molecule has 2 fully saturated rings. The predicted octanol–water partition coefficient (Wildman–Crippen LogP) is 0.789. The van der Waals surface area contributed by atoms with Gasteiger partial charge in [0.25, 0.3) is 5.91 Å². The van der Waals surface area contributed by atoms with Gasteiger partial charge in [-0.15, -0.1) is 0 Å². The highest BCUT2D eigenvalue weighted by Gasteiger charge is 2.26. The van der Waals surface area contributed by atoms with Crippen molar-refractivity contribution in [2.24, 2.45) is 0 Å². The number of benzene rings is 1. The summed E-state index contributed by atoms with van der Waals surface area (Å²) < 4.78 is 14.1. The molecule has 0 spiro atoms. The van der Waals surface area contributed by atoms with Crippen molar-refractivity contribution in [3.8, 4) is 0 Å². The van der Waals surface area contributed by atoms with Crippen LogP contribution in [0.15, 0.2) is 18.2 Å². The number of hydrogen-bond acceptors (Lipinski definition) is 3. The van der Waals surface area contributed by atoms with Crippen molar-refractivity contribution in [1.82, 2.24) is 15.5 Å². The van der Waals surface area contributed by atoms with Crippen LogP contribution in [0.25, 0.3) is 0 Å². The Labute approximate surface area is 128 Å². The maximum Gasteiger partial charge on any atom is 0.321 e. The molecule has 2 aliphatic rings. The molecule has 0 aromatic heterocycles. The molecule has 0 bridgehead atoms. The Morgan fingerprint density at radius 1 is 1.32 bits per heavy atom. The first-order valence-corrected chi connectivity index (χ1v) is 7.44. The van der Waals surface area contributed by atoms with Crippen LogP contribution in [0.1, 0.15) is 17.3 Å². The lowest BCUT2D eigenvalue weighted by atomic mass is 10.1. The molecule has 1 aromatic rings. The second-order valence-corrected chi connectivity index (χ2v) is 5.65. The van der Waals surface area contributed by atoms with Crippen LogP contribution in [0.3, 0.4) is 0 Å². The maximum absolute atomic E-state index is 14.1. The normalized spacial score (nSPS) is 21.9. The third-order valence-electron chi connectivity index (χ3n) is 4.00. The van der Waals surface area contributed by atoms with Crippen LogP contribution in [0.5, 0.6) is 0 Å². The number of nitrogens with one attached hydrogen (secondary N) is 2. The molecule has 2 N–H and O–H groups in total. The first kappa shape index (κ1) is 14.8. The zero-order valence-corrected chi connectivity index (χ0v) is 12.4. The molecule has 0 radical (unpaired) electrons. The van der Waals surface area contributed by atoms with Gasteiger partial charge in [0, 0.05) is 44.5 Å². The average molecular weight is 306 g/mol. The van der Waals surface area contributed by atoms with Gasteiger partial charge in [-0.1, -0.05) is 0 Å². The third-order valence-corrected chi connectivity index (χ3v) is 4.00. The van der Waals surface area contributed by atoms with Crippen LogP contribution >= 0.6 is 0 Å². The fourth-order valence-corrected chi connectivity index (χ4v) is 2.85. The van der Waals surface area contributed by atoms with Gasteiger partial charge in [-0.3, -0.25) is 9.69 Å². The smallest absolute Gasteiger partial charge is 0.321 e. The lowest BCUT2D eigenvalue weighted by Gasteiger charge is -2.32. The summed E-state index contributed by atoms with van der Waals surface area (Å²) in [5, 5.41) is 5.94. The van der Waals surface area contributed by atoms with Gasteiger partial charge in [-0.05, 0) is 25.1 Å². The molecule has 3 amide bonds. The minimum Gasteiger partial charge on any atom is -0.336 e. The number of rotatable bonds is 2. The molecule has 0 aliphatic carbocycles. The Balaban J connectivity index is 1.86. The quantitative estimate of drug-likeness (QED) is 0.849. The molecule has 1 atom stereocenters. The van der Waals surface area contributed by atoms with Crippen molar-refractivity contribution in [1.29, 1.82) is 0 Å². The fraction of sp³-hybridized carbons (Fsp3) is 0.467. The van der Waals surface area contributed by atoms with Crippen LogP contribution in [0, 0.1) is 5.82 Å². The summed E-state index contributed by atoms with van der Waals surface area (Å²) in [7, 11) is 0. The number of urea groups is 1. The van der Waals surface area contributed by atoms with Gasteiger partial charge >= 0.3 is 6.03 Å². The lowest BCUT2D eigenvalue weighted by molar-refractivity contribution is 0.0704. The summed E-state index contributed by atoms with van der Waals surface area (Å²) >= 11 is 0. The summed E-state index contributed by atoms with van der Waals surface area (Å²) in [5.41, 5.74) is 0.564. The first-order chi connectivity index (χ1) is 10.6. The number of hydrogen-bond donors (Lipinski definition) is 2. The largest absolute Gasteiger partial charge is 0.336 e. The van der Waals surface area contributed by atoms with E-state index in [0.29, 0.717) is 38.4 Å². The zero-order chi connectivity index (χ0) is 15.7. The second kappa shape index (κ2) is 5.92. The molecule has 1 aromatic carbocycles. The van der Waals surface area contributed by atoms with Crippen molar-refractivity contribution < 1.29 is 14.0 Å². The SMILES string of the molecule is CC1CN(C(=O)c2cc(N3CCNC3=O)ccc2F)CCN1. The molecule has 2 aliphatic heterocycles. The summed E-state index contributed by atoms with van der Waals surface area (Å²) in [6, 6.07) is 4.21. The molecule has 6 nitrogen and oxygen atoms in total. The van der Waals surface area contributed by atoms with Gasteiger partial charge in [0.05, 0.1) is 5.56 Å². The van der Waals surface area contributed by atoms with Crippen molar-refractivity contribution in [2.75, 3.05) is 37.6 Å². The number of carbonyl (C=O) groups is 2. The fourth-order valence-electron chi connectivity index (χ4n) is 2.85. The van der Waals surface area contributed by atoms with Gasteiger partial charge in [-0.2, -0.15) is 0 Å². The van der Waals surface area contributed by atoms with E-state index in [9.17, 15) is 14.0 Å². The molecule has 2 saturated heterocycles. The highest BCUT2D eigenvalue weighted by molar-refractivity contribution is 5.98. The highest BCUT2D eigenvalue weighted by Crippen LogP contribution is 2.22. The summed E-state index contributed by atoms with van der Waals surface area (Å²) in [5.74, 6) is -0.883. The zero-order valence-electron chi connectivity index (χ0n) is 12.4. The summed E-state index contributed by atoms with van der Waals surface area (Å²) in [6.45, 7) is 4.85. The molecule has 7 heteroatoms. The van der Waals surface area contributed by atoms with E-state index < -0.39 is 5.82 Å². The Kier molecular flexibility index (Phi) is 3.98. The van der Waals surface area contributed by atoms with Crippen molar-refractivity contribution in [2.45, 2.75) is 13.0 Å². The maximum atomic E-state index is 14.1. The van der Waals surface area contributed by atoms with E-state index in [0.717, 1.165) is 0 Å². The Bertz CT molecular complexity index is 607. The van der Waals surface area contributed by atoms with E-state index in [1.165, 1.54) is 23.1 Å². The van der Waals surface area contributed by atoms with Gasteiger partial charge in [0.1, 0.15) is 5.82 Å². The van der Waals surface area contributed by atoms with Gasteiger partial charge in [0.15, 0.2) is 0 Å². The van der Waals surface area contributed by atoms with Gasteiger partial charge in [0.2, 0.25) is 0 Å². The lowest BCUT2D eigenvalue weighted by Crippen LogP contribution is -2.51. The summed E-state index contributed by atoms with van der Waals surface area (Å²) in [6.07, 6.45) is 0. The minimum absolute atomic E-state index is 0.0197. The molecular weight excluding hydrogens is 287 g/mol. The number of halogens is 1. The van der Waals surface area contributed by atoms with E-state index in [2.05, 4.69) is 10.6 Å². The predicted molar refractivity (Wildman–Crippen MR) is 80.5 cm³/mol. The van der Waals surface area contributed by atoms with Crippen LogP contribution in [0.2, 0.25) is 0 Å².